The lowest BCUT2D eigenvalue weighted by Gasteiger charge is -2.15. The summed E-state index contributed by atoms with van der Waals surface area (Å²) in [6.07, 6.45) is 0. The summed E-state index contributed by atoms with van der Waals surface area (Å²) >= 11 is 0. The first kappa shape index (κ1) is 18.7. The molecule has 0 spiro atoms. The zero-order valence-corrected chi connectivity index (χ0v) is 11.4. The molecular weight excluding hydrogens is 238 g/mol. The van der Waals surface area contributed by atoms with Gasteiger partial charge in [0.05, 0.1) is 0 Å². The highest BCUT2D eigenvalue weighted by atomic mass is 16.3. The first-order valence-electron chi connectivity index (χ1n) is 5.36. The molecule has 0 aliphatic carbocycles. The molecule has 6 nitrogen and oxygen atoms in total. The predicted molar refractivity (Wildman–Crippen MR) is 70.2 cm³/mol. The average Bonchev–Trinajstić information content (AvgIpc) is 2.38. The highest BCUT2D eigenvalue weighted by molar-refractivity contribution is 5.64. The molecule has 0 aliphatic rings. The van der Waals surface area contributed by atoms with Crippen LogP contribution in [0.5, 0.6) is 23.0 Å². The molecule has 0 radical (unpaired) electrons. The van der Waals surface area contributed by atoms with Crippen LogP contribution < -0.4 is 5.73 Å². The Bertz CT molecular complexity index is 348. The summed E-state index contributed by atoms with van der Waals surface area (Å²) in [7, 11) is 2.50. The van der Waals surface area contributed by atoms with E-state index >= 15 is 0 Å². The summed E-state index contributed by atoms with van der Waals surface area (Å²) in [6.45, 7) is 4.89. The zero-order chi connectivity index (χ0) is 15.0. The molecule has 0 heterocycles. The van der Waals surface area contributed by atoms with E-state index in [1.54, 1.807) is 13.8 Å². The number of rotatable bonds is 1. The number of aromatic hydroxyl groups is 4. The quantitative estimate of drug-likeness (QED) is 0.332. The lowest BCUT2D eigenvalue weighted by Crippen LogP contribution is -1.92. The normalized spacial score (nSPS) is 9.11. The number of hydrogen-bond acceptors (Lipinski definition) is 6. The Morgan fingerprint density at radius 2 is 1.06 bits per heavy atom. The van der Waals surface area contributed by atoms with Crippen LogP contribution >= 0.6 is 0 Å². The lowest BCUT2D eigenvalue weighted by molar-refractivity contribution is 0.358. The first-order chi connectivity index (χ1) is 8.37. The fraction of sp³-hybridized carbons (Fsp3) is 0.500. The van der Waals surface area contributed by atoms with Crippen molar-refractivity contribution >= 4 is 0 Å². The van der Waals surface area contributed by atoms with Gasteiger partial charge in [0.15, 0.2) is 23.0 Å². The van der Waals surface area contributed by atoms with Gasteiger partial charge in [-0.1, -0.05) is 13.8 Å². The summed E-state index contributed by atoms with van der Waals surface area (Å²) in [4.78, 5) is 0. The van der Waals surface area contributed by atoms with Crippen molar-refractivity contribution in [3.8, 4) is 23.0 Å². The molecule has 7 N–H and O–H groups in total. The molecule has 0 saturated heterocycles. The third-order valence-corrected chi connectivity index (χ3v) is 2.25. The second-order valence-corrected chi connectivity index (χ2v) is 3.59. The van der Waals surface area contributed by atoms with Crippen molar-refractivity contribution < 1.29 is 25.5 Å². The van der Waals surface area contributed by atoms with Gasteiger partial charge in [0.1, 0.15) is 0 Å². The lowest BCUT2D eigenvalue weighted by atomic mass is 9.97. The molecule has 0 unspecified atom stereocenters. The van der Waals surface area contributed by atoms with E-state index in [0.717, 1.165) is 7.11 Å². The fourth-order valence-corrected chi connectivity index (χ4v) is 1.38. The maximum Gasteiger partial charge on any atom is 0.165 e. The van der Waals surface area contributed by atoms with Crippen molar-refractivity contribution in [2.75, 3.05) is 14.2 Å². The van der Waals surface area contributed by atoms with Crippen LogP contribution in [0.15, 0.2) is 0 Å². The van der Waals surface area contributed by atoms with Gasteiger partial charge in [-0.05, 0) is 19.9 Å². The second-order valence-electron chi connectivity index (χ2n) is 3.59. The van der Waals surface area contributed by atoms with E-state index in [2.05, 4.69) is 5.73 Å². The van der Waals surface area contributed by atoms with Crippen LogP contribution in [0, 0.1) is 6.92 Å². The van der Waals surface area contributed by atoms with Crippen LogP contribution in [-0.2, 0) is 0 Å². The van der Waals surface area contributed by atoms with Crippen LogP contribution in [-0.4, -0.2) is 39.7 Å². The van der Waals surface area contributed by atoms with Crippen LogP contribution in [0.4, 0.5) is 0 Å². The number of phenolic OH excluding ortho intramolecular Hbond substituents is 4. The molecule has 1 rings (SSSR count). The Labute approximate surface area is 107 Å². The molecule has 0 fully saturated rings. The van der Waals surface area contributed by atoms with Gasteiger partial charge in [-0.2, -0.15) is 0 Å². The summed E-state index contributed by atoms with van der Waals surface area (Å²) in [5, 5.41) is 44.9. The van der Waals surface area contributed by atoms with E-state index in [4.69, 9.17) is 5.11 Å². The van der Waals surface area contributed by atoms with Crippen LogP contribution in [0.25, 0.3) is 0 Å². The summed E-state index contributed by atoms with van der Waals surface area (Å²) < 4.78 is 0. The Hall–Kier alpha value is -1.66. The van der Waals surface area contributed by atoms with Gasteiger partial charge in [0, 0.05) is 18.2 Å². The van der Waals surface area contributed by atoms with Gasteiger partial charge in [-0.3, -0.25) is 0 Å². The van der Waals surface area contributed by atoms with Crippen molar-refractivity contribution in [2.24, 2.45) is 5.73 Å². The Kier molecular flexibility index (Phi) is 8.76. The Morgan fingerprint density at radius 3 is 1.28 bits per heavy atom. The van der Waals surface area contributed by atoms with E-state index in [0.29, 0.717) is 0 Å². The SMILES string of the molecule is CN.CO.Cc1c(O)c(O)c(C(C)C)c(O)c1O. The number of nitrogens with two attached hydrogens (primary N) is 1. The van der Waals surface area contributed by atoms with Crippen LogP contribution in [0.1, 0.15) is 30.9 Å². The molecule has 0 bridgehead atoms. The minimum atomic E-state index is -0.385. The maximum absolute atomic E-state index is 9.53. The van der Waals surface area contributed by atoms with E-state index in [9.17, 15) is 20.4 Å². The highest BCUT2D eigenvalue weighted by Gasteiger charge is 2.22. The number of aliphatic hydroxyl groups excluding tert-OH is 1. The van der Waals surface area contributed by atoms with Crippen LogP contribution in [0.3, 0.4) is 0 Å². The molecule has 0 saturated carbocycles. The van der Waals surface area contributed by atoms with Crippen molar-refractivity contribution in [2.45, 2.75) is 26.7 Å². The largest absolute Gasteiger partial charge is 0.504 e. The number of benzene rings is 1. The fourth-order valence-electron chi connectivity index (χ4n) is 1.38. The molecule has 6 heteroatoms. The molecule has 1 aromatic carbocycles. The van der Waals surface area contributed by atoms with Gasteiger partial charge in [-0.15, -0.1) is 0 Å². The topological polar surface area (TPSA) is 127 Å². The minimum Gasteiger partial charge on any atom is -0.504 e. The number of phenols is 4. The van der Waals surface area contributed by atoms with E-state index < -0.39 is 0 Å². The zero-order valence-electron chi connectivity index (χ0n) is 11.4. The summed E-state index contributed by atoms with van der Waals surface area (Å²) in [6, 6.07) is 0. The van der Waals surface area contributed by atoms with Crippen molar-refractivity contribution in [1.29, 1.82) is 0 Å². The van der Waals surface area contributed by atoms with Gasteiger partial charge in [0.25, 0.3) is 0 Å². The average molecular weight is 261 g/mol. The monoisotopic (exact) mass is 261 g/mol. The van der Waals surface area contributed by atoms with Crippen LogP contribution in [0.2, 0.25) is 0 Å². The standard InChI is InChI=1S/C10H14O4.CH5N.CH4O/c1-4(2)6-9(13)7(11)5(3)8(12)10(6)14;2*1-2/h4,11-14H,1-3H3;2H2,1H3;2H,1H3. The maximum atomic E-state index is 9.53. The van der Waals surface area contributed by atoms with Gasteiger partial charge in [-0.25, -0.2) is 0 Å². The predicted octanol–water partition coefficient (Wildman–Crippen LogP) is 1.12. The third-order valence-electron chi connectivity index (χ3n) is 2.25. The Morgan fingerprint density at radius 1 is 0.778 bits per heavy atom. The summed E-state index contributed by atoms with van der Waals surface area (Å²) in [5.74, 6) is -1.69. The van der Waals surface area contributed by atoms with Gasteiger partial charge in [0.2, 0.25) is 0 Å². The van der Waals surface area contributed by atoms with Crippen molar-refractivity contribution in [3.05, 3.63) is 11.1 Å². The van der Waals surface area contributed by atoms with Crippen molar-refractivity contribution in [3.63, 3.8) is 0 Å². The first-order valence-corrected chi connectivity index (χ1v) is 5.36. The molecule has 106 valence electrons. The molecular formula is C12H23NO5. The molecule has 0 aromatic heterocycles. The van der Waals surface area contributed by atoms with Gasteiger partial charge < -0.3 is 31.3 Å². The minimum absolute atomic E-state index is 0.0735. The van der Waals surface area contributed by atoms with E-state index in [1.165, 1.54) is 14.0 Å². The Balaban J connectivity index is 0. The van der Waals surface area contributed by atoms with Gasteiger partial charge >= 0.3 is 0 Å². The molecule has 18 heavy (non-hydrogen) atoms. The second kappa shape index (κ2) is 8.43. The number of hydrogen-bond donors (Lipinski definition) is 6. The molecule has 0 aliphatic heterocycles. The van der Waals surface area contributed by atoms with Crippen molar-refractivity contribution in [1.82, 2.24) is 0 Å². The molecule has 0 atom stereocenters. The summed E-state index contributed by atoms with van der Waals surface area (Å²) in [5.41, 5.74) is 4.73. The van der Waals surface area contributed by atoms with E-state index in [1.807, 2.05) is 0 Å². The molecule has 1 aromatic rings. The highest BCUT2D eigenvalue weighted by Crippen LogP contribution is 2.48. The number of aliphatic hydroxyl groups is 1. The smallest absolute Gasteiger partial charge is 0.165 e. The van der Waals surface area contributed by atoms with E-state index in [-0.39, 0.29) is 40.0 Å². The third kappa shape index (κ3) is 3.68. The molecule has 0 amide bonds.